The normalized spacial score (nSPS) is 16.4. The van der Waals surface area contributed by atoms with E-state index in [2.05, 4.69) is 20.1 Å². The molecule has 1 aliphatic carbocycles. The van der Waals surface area contributed by atoms with Crippen LogP contribution in [0.2, 0.25) is 0 Å². The van der Waals surface area contributed by atoms with Gasteiger partial charge < -0.3 is 9.88 Å². The third-order valence-electron chi connectivity index (χ3n) is 4.79. The minimum Gasteiger partial charge on any atom is -0.324 e. The lowest BCUT2D eigenvalue weighted by molar-refractivity contribution is -0.115. The summed E-state index contributed by atoms with van der Waals surface area (Å²) in [7, 11) is 0. The van der Waals surface area contributed by atoms with Gasteiger partial charge in [-0.25, -0.2) is 0 Å². The van der Waals surface area contributed by atoms with Crippen LogP contribution in [0.4, 0.5) is 5.69 Å². The van der Waals surface area contributed by atoms with Crippen LogP contribution in [-0.4, -0.2) is 32.2 Å². The van der Waals surface area contributed by atoms with Crippen LogP contribution >= 0.6 is 23.5 Å². The zero-order chi connectivity index (χ0) is 18.5. The van der Waals surface area contributed by atoms with Crippen molar-refractivity contribution in [3.8, 4) is 0 Å². The van der Waals surface area contributed by atoms with Crippen molar-refractivity contribution in [2.75, 3.05) is 11.6 Å². The van der Waals surface area contributed by atoms with Crippen LogP contribution in [0.25, 0.3) is 0 Å². The SMILES string of the molecule is CSc1ccccc1NC(=O)C(C)Sc1nnc(C)n1C1CCCCC1. The van der Waals surface area contributed by atoms with Gasteiger partial charge in [0.2, 0.25) is 5.91 Å². The Morgan fingerprint density at radius 3 is 2.69 bits per heavy atom. The number of nitrogens with zero attached hydrogens (tertiary/aromatic N) is 3. The van der Waals surface area contributed by atoms with Gasteiger partial charge in [-0.1, -0.05) is 43.2 Å². The van der Waals surface area contributed by atoms with Crippen LogP contribution in [0.15, 0.2) is 34.3 Å². The molecular weight excluding hydrogens is 364 g/mol. The van der Waals surface area contributed by atoms with Gasteiger partial charge in [0.05, 0.1) is 10.9 Å². The Hall–Kier alpha value is -1.47. The van der Waals surface area contributed by atoms with Crippen molar-refractivity contribution in [2.24, 2.45) is 0 Å². The number of benzene rings is 1. The molecule has 1 aromatic heterocycles. The first-order valence-corrected chi connectivity index (χ1v) is 11.2. The van der Waals surface area contributed by atoms with Crippen LogP contribution in [0, 0.1) is 6.92 Å². The van der Waals surface area contributed by atoms with Crippen molar-refractivity contribution < 1.29 is 4.79 Å². The molecule has 1 saturated carbocycles. The number of aromatic nitrogens is 3. The van der Waals surface area contributed by atoms with Gasteiger partial charge in [-0.15, -0.1) is 22.0 Å². The third kappa shape index (κ3) is 4.43. The first-order valence-electron chi connectivity index (χ1n) is 9.12. The van der Waals surface area contributed by atoms with Crippen LogP contribution in [0.5, 0.6) is 0 Å². The monoisotopic (exact) mass is 390 g/mol. The molecule has 26 heavy (non-hydrogen) atoms. The number of rotatable bonds is 6. The number of hydrogen-bond donors (Lipinski definition) is 1. The Morgan fingerprint density at radius 2 is 1.96 bits per heavy atom. The number of thioether (sulfide) groups is 2. The third-order valence-corrected chi connectivity index (χ3v) is 6.64. The highest BCUT2D eigenvalue weighted by molar-refractivity contribution is 8.00. The van der Waals surface area contributed by atoms with Crippen LogP contribution in [0.1, 0.15) is 50.9 Å². The Labute approximate surface area is 163 Å². The zero-order valence-corrected chi connectivity index (χ0v) is 17.2. The summed E-state index contributed by atoms with van der Waals surface area (Å²) in [5, 5.41) is 12.3. The van der Waals surface area contributed by atoms with Crippen LogP contribution in [0.3, 0.4) is 0 Å². The van der Waals surface area contributed by atoms with Crippen molar-refractivity contribution >= 4 is 35.1 Å². The number of anilines is 1. The average molecular weight is 391 g/mol. The highest BCUT2D eigenvalue weighted by Crippen LogP contribution is 2.34. The van der Waals surface area contributed by atoms with Gasteiger partial charge in [0.25, 0.3) is 0 Å². The maximum absolute atomic E-state index is 12.7. The van der Waals surface area contributed by atoms with Gasteiger partial charge in [0.15, 0.2) is 5.16 Å². The van der Waals surface area contributed by atoms with Gasteiger partial charge in [-0.3, -0.25) is 4.79 Å². The maximum Gasteiger partial charge on any atom is 0.237 e. The lowest BCUT2D eigenvalue weighted by atomic mass is 9.95. The largest absolute Gasteiger partial charge is 0.324 e. The van der Waals surface area contributed by atoms with E-state index in [0.29, 0.717) is 6.04 Å². The Balaban J connectivity index is 1.69. The fourth-order valence-electron chi connectivity index (χ4n) is 3.38. The summed E-state index contributed by atoms with van der Waals surface area (Å²) in [5.41, 5.74) is 0.863. The first-order chi connectivity index (χ1) is 12.6. The number of hydrogen-bond acceptors (Lipinski definition) is 5. The second kappa shape index (κ2) is 8.95. The van der Waals surface area contributed by atoms with E-state index in [-0.39, 0.29) is 11.2 Å². The summed E-state index contributed by atoms with van der Waals surface area (Å²) >= 11 is 3.13. The van der Waals surface area contributed by atoms with Crippen LogP contribution in [-0.2, 0) is 4.79 Å². The van der Waals surface area contributed by atoms with Gasteiger partial charge in [-0.2, -0.15) is 0 Å². The highest BCUT2D eigenvalue weighted by Gasteiger charge is 2.24. The first kappa shape index (κ1) is 19.3. The molecule has 0 radical (unpaired) electrons. The number of amides is 1. The Kier molecular flexibility index (Phi) is 6.64. The summed E-state index contributed by atoms with van der Waals surface area (Å²) in [6.07, 6.45) is 8.19. The summed E-state index contributed by atoms with van der Waals surface area (Å²) in [6.45, 7) is 3.93. The van der Waals surface area contributed by atoms with E-state index < -0.39 is 0 Å². The zero-order valence-electron chi connectivity index (χ0n) is 15.6. The molecule has 1 heterocycles. The minimum absolute atomic E-state index is 0.00709. The summed E-state index contributed by atoms with van der Waals surface area (Å²) in [5.74, 6) is 0.937. The minimum atomic E-state index is -0.240. The van der Waals surface area contributed by atoms with E-state index in [1.807, 2.05) is 44.4 Å². The number of carbonyl (C=O) groups is 1. The van der Waals surface area contributed by atoms with E-state index in [1.54, 1.807) is 11.8 Å². The molecule has 2 aromatic rings. The van der Waals surface area contributed by atoms with E-state index in [1.165, 1.54) is 43.9 Å². The number of para-hydroxylation sites is 1. The molecule has 1 aromatic carbocycles. The molecule has 1 atom stereocenters. The van der Waals surface area contributed by atoms with E-state index in [0.717, 1.165) is 21.6 Å². The highest BCUT2D eigenvalue weighted by atomic mass is 32.2. The Morgan fingerprint density at radius 1 is 1.23 bits per heavy atom. The van der Waals surface area contributed by atoms with E-state index in [4.69, 9.17) is 0 Å². The number of carbonyl (C=O) groups excluding carboxylic acids is 1. The van der Waals surface area contributed by atoms with Gasteiger partial charge in [-0.05, 0) is 45.1 Å². The molecule has 1 unspecified atom stereocenters. The predicted molar refractivity (Wildman–Crippen MR) is 109 cm³/mol. The molecule has 0 bridgehead atoms. The standard InChI is InChI=1S/C19H26N4OS2/c1-13(18(24)20-16-11-7-8-12-17(16)25-3)26-19-22-21-14(2)23(19)15-9-5-4-6-10-15/h7-8,11-13,15H,4-6,9-10H2,1-3H3,(H,20,24). The Bertz CT molecular complexity index is 756. The summed E-state index contributed by atoms with van der Waals surface area (Å²) in [6, 6.07) is 8.34. The molecule has 1 N–H and O–H groups in total. The van der Waals surface area contributed by atoms with Crippen molar-refractivity contribution in [3.05, 3.63) is 30.1 Å². The second-order valence-corrected chi connectivity index (χ2v) is 8.80. The van der Waals surface area contributed by atoms with Crippen molar-refractivity contribution in [1.82, 2.24) is 14.8 Å². The quantitative estimate of drug-likeness (QED) is 0.709. The topological polar surface area (TPSA) is 59.8 Å². The molecule has 1 aliphatic rings. The summed E-state index contributed by atoms with van der Waals surface area (Å²) in [4.78, 5) is 13.7. The fourth-order valence-corrected chi connectivity index (χ4v) is 4.90. The lowest BCUT2D eigenvalue weighted by Crippen LogP contribution is -2.24. The molecule has 0 aliphatic heterocycles. The van der Waals surface area contributed by atoms with Crippen LogP contribution < -0.4 is 5.32 Å². The molecule has 5 nitrogen and oxygen atoms in total. The molecule has 1 fully saturated rings. The molecule has 1 amide bonds. The molecule has 140 valence electrons. The molecular formula is C19H26N4OS2. The molecule has 0 spiro atoms. The second-order valence-electron chi connectivity index (χ2n) is 6.64. The van der Waals surface area contributed by atoms with Gasteiger partial charge >= 0.3 is 0 Å². The number of aryl methyl sites for hydroxylation is 1. The average Bonchev–Trinajstić information content (AvgIpc) is 3.03. The van der Waals surface area contributed by atoms with E-state index >= 15 is 0 Å². The molecule has 3 rings (SSSR count). The van der Waals surface area contributed by atoms with Crippen molar-refractivity contribution in [2.45, 2.75) is 67.3 Å². The maximum atomic E-state index is 12.7. The summed E-state index contributed by atoms with van der Waals surface area (Å²) < 4.78 is 2.24. The fraction of sp³-hybridized carbons (Fsp3) is 0.526. The van der Waals surface area contributed by atoms with Crippen molar-refractivity contribution in [1.29, 1.82) is 0 Å². The van der Waals surface area contributed by atoms with Gasteiger partial charge in [0.1, 0.15) is 5.82 Å². The molecule has 0 saturated heterocycles. The number of nitrogens with one attached hydrogen (secondary N) is 1. The smallest absolute Gasteiger partial charge is 0.237 e. The molecule has 7 heteroatoms. The lowest BCUT2D eigenvalue weighted by Gasteiger charge is -2.25. The predicted octanol–water partition coefficient (Wildman–Crippen LogP) is 4.93. The van der Waals surface area contributed by atoms with Crippen molar-refractivity contribution in [3.63, 3.8) is 0 Å². The van der Waals surface area contributed by atoms with E-state index in [9.17, 15) is 4.79 Å². The van der Waals surface area contributed by atoms with Gasteiger partial charge in [0, 0.05) is 10.9 Å².